The standard InChI is InChI=1S/C38H73NO4/c1-3-5-7-9-11-13-14-15-16-17-18-19-20-21-22-23-25-27-29-31-33-37(42)38(43)39-35(34-40)36(41)32-30-28-26-24-12-10-8-6-4-2/h5,7,11,13,35-37,40-42H,3-4,6,8-10,12,14-34H2,1-2H3,(H,39,43)/b7-5-,13-11-. The molecule has 5 heteroatoms. The first-order valence-corrected chi connectivity index (χ1v) is 18.6. The van der Waals surface area contributed by atoms with Gasteiger partial charge in [-0.15, -0.1) is 0 Å². The summed E-state index contributed by atoms with van der Waals surface area (Å²) in [6.45, 7) is 4.09. The summed E-state index contributed by atoms with van der Waals surface area (Å²) >= 11 is 0. The molecule has 0 fully saturated rings. The molecule has 3 unspecified atom stereocenters. The number of hydrogen-bond acceptors (Lipinski definition) is 4. The quantitative estimate of drug-likeness (QED) is 0.0441. The predicted molar refractivity (Wildman–Crippen MR) is 185 cm³/mol. The van der Waals surface area contributed by atoms with Gasteiger partial charge in [-0.3, -0.25) is 4.79 Å². The Labute approximate surface area is 267 Å². The molecule has 0 rings (SSSR count). The summed E-state index contributed by atoms with van der Waals surface area (Å²) in [5.74, 6) is -0.475. The highest BCUT2D eigenvalue weighted by Gasteiger charge is 2.23. The van der Waals surface area contributed by atoms with E-state index in [9.17, 15) is 20.1 Å². The molecule has 0 radical (unpaired) electrons. The predicted octanol–water partition coefficient (Wildman–Crippen LogP) is 9.87. The number of carbonyl (C=O) groups excluding carboxylic acids is 1. The molecule has 43 heavy (non-hydrogen) atoms. The van der Waals surface area contributed by atoms with E-state index in [0.717, 1.165) is 44.9 Å². The van der Waals surface area contributed by atoms with Crippen LogP contribution in [0.4, 0.5) is 0 Å². The summed E-state index contributed by atoms with van der Waals surface area (Å²) in [5, 5.41) is 33.0. The second kappa shape index (κ2) is 33.7. The van der Waals surface area contributed by atoms with Gasteiger partial charge in [0.2, 0.25) is 5.91 Å². The normalized spacial score (nSPS) is 14.1. The Balaban J connectivity index is 3.61. The van der Waals surface area contributed by atoms with Crippen molar-refractivity contribution in [3.8, 4) is 0 Å². The third-order valence-corrected chi connectivity index (χ3v) is 8.58. The van der Waals surface area contributed by atoms with Crippen LogP contribution in [0.15, 0.2) is 24.3 Å². The number of amides is 1. The summed E-state index contributed by atoms with van der Waals surface area (Å²) < 4.78 is 0. The first-order chi connectivity index (χ1) is 21.1. The van der Waals surface area contributed by atoms with Crippen molar-refractivity contribution in [2.24, 2.45) is 0 Å². The molecule has 0 bridgehead atoms. The van der Waals surface area contributed by atoms with Crippen molar-refractivity contribution in [1.82, 2.24) is 5.32 Å². The average molecular weight is 608 g/mol. The summed E-state index contributed by atoms with van der Waals surface area (Å²) in [7, 11) is 0. The third-order valence-electron chi connectivity index (χ3n) is 8.58. The highest BCUT2D eigenvalue weighted by Crippen LogP contribution is 2.15. The van der Waals surface area contributed by atoms with E-state index in [2.05, 4.69) is 43.5 Å². The number of hydrogen-bond donors (Lipinski definition) is 4. The molecule has 4 N–H and O–H groups in total. The van der Waals surface area contributed by atoms with Gasteiger partial charge in [0.05, 0.1) is 18.8 Å². The van der Waals surface area contributed by atoms with E-state index in [1.807, 2.05) is 0 Å². The second-order valence-electron chi connectivity index (χ2n) is 12.8. The lowest BCUT2D eigenvalue weighted by molar-refractivity contribution is -0.131. The van der Waals surface area contributed by atoms with Gasteiger partial charge < -0.3 is 20.6 Å². The van der Waals surface area contributed by atoms with E-state index < -0.39 is 24.2 Å². The number of unbranched alkanes of at least 4 members (excludes halogenated alkanes) is 21. The van der Waals surface area contributed by atoms with Crippen molar-refractivity contribution in [3.05, 3.63) is 24.3 Å². The Morgan fingerprint density at radius 3 is 1.51 bits per heavy atom. The molecule has 0 aromatic rings. The zero-order valence-corrected chi connectivity index (χ0v) is 28.6. The number of carbonyl (C=O) groups is 1. The highest BCUT2D eigenvalue weighted by molar-refractivity contribution is 5.80. The molecule has 0 aromatic heterocycles. The summed E-state index contributed by atoms with van der Waals surface area (Å²) in [6.07, 6.45) is 38.8. The van der Waals surface area contributed by atoms with E-state index in [1.54, 1.807) is 0 Å². The monoisotopic (exact) mass is 608 g/mol. The van der Waals surface area contributed by atoms with Crippen LogP contribution in [0.3, 0.4) is 0 Å². The molecule has 254 valence electrons. The van der Waals surface area contributed by atoms with Crippen LogP contribution in [0, 0.1) is 0 Å². The lowest BCUT2D eigenvalue weighted by Crippen LogP contribution is -2.49. The zero-order valence-electron chi connectivity index (χ0n) is 28.6. The van der Waals surface area contributed by atoms with Crippen molar-refractivity contribution >= 4 is 5.91 Å². The Hall–Kier alpha value is -1.17. The zero-order chi connectivity index (χ0) is 31.6. The number of allylic oxidation sites excluding steroid dienone is 4. The maximum atomic E-state index is 12.4. The Bertz CT molecular complexity index is 635. The van der Waals surface area contributed by atoms with Gasteiger partial charge in [-0.2, -0.15) is 0 Å². The lowest BCUT2D eigenvalue weighted by atomic mass is 10.0. The number of rotatable bonds is 33. The minimum absolute atomic E-state index is 0.313. The summed E-state index contributed by atoms with van der Waals surface area (Å²) in [5.41, 5.74) is 0. The van der Waals surface area contributed by atoms with Crippen LogP contribution in [0.2, 0.25) is 0 Å². The van der Waals surface area contributed by atoms with Crippen molar-refractivity contribution in [1.29, 1.82) is 0 Å². The van der Waals surface area contributed by atoms with Crippen LogP contribution in [0.25, 0.3) is 0 Å². The van der Waals surface area contributed by atoms with Gasteiger partial charge >= 0.3 is 0 Å². The van der Waals surface area contributed by atoms with E-state index in [1.165, 1.54) is 116 Å². The van der Waals surface area contributed by atoms with Crippen molar-refractivity contribution in [2.45, 2.75) is 205 Å². The van der Waals surface area contributed by atoms with Gasteiger partial charge in [0.15, 0.2) is 0 Å². The molecule has 0 aliphatic rings. The molecular weight excluding hydrogens is 534 g/mol. The van der Waals surface area contributed by atoms with Crippen molar-refractivity contribution in [2.75, 3.05) is 6.61 Å². The van der Waals surface area contributed by atoms with Crippen LogP contribution < -0.4 is 5.32 Å². The molecular formula is C38H73NO4. The number of aliphatic hydroxyl groups excluding tert-OH is 3. The maximum Gasteiger partial charge on any atom is 0.249 e. The van der Waals surface area contributed by atoms with E-state index in [-0.39, 0.29) is 6.61 Å². The molecule has 0 aliphatic heterocycles. The number of nitrogens with one attached hydrogen (secondary N) is 1. The smallest absolute Gasteiger partial charge is 0.249 e. The molecule has 0 saturated heterocycles. The molecule has 1 amide bonds. The Morgan fingerprint density at radius 1 is 0.581 bits per heavy atom. The largest absolute Gasteiger partial charge is 0.394 e. The molecule has 3 atom stereocenters. The minimum atomic E-state index is -1.07. The van der Waals surface area contributed by atoms with Gasteiger partial charge in [0.1, 0.15) is 6.10 Å². The van der Waals surface area contributed by atoms with E-state index in [0.29, 0.717) is 12.8 Å². The SMILES string of the molecule is CC/C=C\C/C=C\CCCCCCCCCCCCCCCC(O)C(=O)NC(CO)C(O)CCCCCCCCCCC. The maximum absolute atomic E-state index is 12.4. The molecule has 0 aromatic carbocycles. The van der Waals surface area contributed by atoms with E-state index >= 15 is 0 Å². The Morgan fingerprint density at radius 2 is 1.02 bits per heavy atom. The fourth-order valence-electron chi connectivity index (χ4n) is 5.64. The minimum Gasteiger partial charge on any atom is -0.394 e. The molecule has 0 saturated carbocycles. The summed E-state index contributed by atoms with van der Waals surface area (Å²) in [6, 6.07) is -0.707. The van der Waals surface area contributed by atoms with Gasteiger partial charge in [0, 0.05) is 0 Å². The van der Waals surface area contributed by atoms with Crippen molar-refractivity contribution in [3.63, 3.8) is 0 Å². The first-order valence-electron chi connectivity index (χ1n) is 18.6. The van der Waals surface area contributed by atoms with Gasteiger partial charge in [-0.25, -0.2) is 0 Å². The lowest BCUT2D eigenvalue weighted by Gasteiger charge is -2.23. The van der Waals surface area contributed by atoms with Gasteiger partial charge in [-0.05, 0) is 38.5 Å². The van der Waals surface area contributed by atoms with Gasteiger partial charge in [-0.1, -0.05) is 173 Å². The van der Waals surface area contributed by atoms with Crippen LogP contribution in [-0.2, 0) is 4.79 Å². The van der Waals surface area contributed by atoms with Crippen LogP contribution >= 0.6 is 0 Å². The topological polar surface area (TPSA) is 89.8 Å². The average Bonchev–Trinajstić information content (AvgIpc) is 3.01. The molecule has 0 heterocycles. The van der Waals surface area contributed by atoms with Crippen LogP contribution in [0.5, 0.6) is 0 Å². The molecule has 5 nitrogen and oxygen atoms in total. The van der Waals surface area contributed by atoms with Gasteiger partial charge in [0.25, 0.3) is 0 Å². The molecule has 0 aliphatic carbocycles. The highest BCUT2D eigenvalue weighted by atomic mass is 16.3. The second-order valence-corrected chi connectivity index (χ2v) is 12.8. The Kier molecular flexibility index (Phi) is 32.8. The molecule has 0 spiro atoms. The fourth-order valence-corrected chi connectivity index (χ4v) is 5.64. The van der Waals surface area contributed by atoms with E-state index in [4.69, 9.17) is 0 Å². The van der Waals surface area contributed by atoms with Crippen LogP contribution in [-0.4, -0.2) is 46.1 Å². The fraction of sp³-hybridized carbons (Fsp3) is 0.868. The first kappa shape index (κ1) is 41.8. The third kappa shape index (κ3) is 29.3. The van der Waals surface area contributed by atoms with Crippen molar-refractivity contribution < 1.29 is 20.1 Å². The summed E-state index contributed by atoms with van der Waals surface area (Å²) in [4.78, 5) is 12.4. The number of aliphatic hydroxyl groups is 3. The van der Waals surface area contributed by atoms with Crippen LogP contribution in [0.1, 0.15) is 187 Å².